The monoisotopic (exact) mass is 248 g/mol. The van der Waals surface area contributed by atoms with Crippen LogP contribution in [0.5, 0.6) is 0 Å². The van der Waals surface area contributed by atoms with Crippen LogP contribution in [0.3, 0.4) is 0 Å². The number of carbonyl (C=O) groups is 1. The number of hydrogen-bond donors (Lipinski definition) is 1. The fraction of sp³-hybridized carbons (Fsp3) is 0.533. The van der Waals surface area contributed by atoms with Crippen LogP contribution < -0.4 is 5.32 Å². The van der Waals surface area contributed by atoms with Gasteiger partial charge in [-0.05, 0) is 38.1 Å². The molecule has 0 saturated heterocycles. The van der Waals surface area contributed by atoms with E-state index >= 15 is 0 Å². The molecule has 0 aliphatic heterocycles. The van der Waals surface area contributed by atoms with Gasteiger partial charge in [0.2, 0.25) is 0 Å². The predicted molar refractivity (Wildman–Crippen MR) is 75.9 cm³/mol. The van der Waals surface area contributed by atoms with Crippen molar-refractivity contribution in [2.24, 2.45) is 0 Å². The minimum absolute atomic E-state index is 0.134. The summed E-state index contributed by atoms with van der Waals surface area (Å²) in [6, 6.07) is 7.89. The molecule has 0 aromatic heterocycles. The number of unbranched alkanes of at least 4 members (excludes halogenated alkanes) is 1. The Bertz CT molecular complexity index is 377. The molecule has 1 aromatic carbocycles. The van der Waals surface area contributed by atoms with Crippen molar-refractivity contribution in [1.82, 2.24) is 10.2 Å². The van der Waals surface area contributed by atoms with Gasteiger partial charge in [0.15, 0.2) is 0 Å². The van der Waals surface area contributed by atoms with Crippen LogP contribution in [-0.2, 0) is 6.42 Å². The summed E-state index contributed by atoms with van der Waals surface area (Å²) in [4.78, 5) is 14.2. The number of amides is 1. The summed E-state index contributed by atoms with van der Waals surface area (Å²) in [6.07, 6.45) is 3.06. The van der Waals surface area contributed by atoms with Crippen molar-refractivity contribution in [2.75, 3.05) is 27.2 Å². The smallest absolute Gasteiger partial charge is 0.253 e. The third-order valence-corrected chi connectivity index (χ3v) is 3.09. The fourth-order valence-corrected chi connectivity index (χ4v) is 1.91. The van der Waals surface area contributed by atoms with Gasteiger partial charge in [-0.3, -0.25) is 4.79 Å². The van der Waals surface area contributed by atoms with Gasteiger partial charge in [0.25, 0.3) is 5.91 Å². The molecule has 0 heterocycles. The minimum atomic E-state index is 0.134. The van der Waals surface area contributed by atoms with E-state index in [0.717, 1.165) is 43.5 Å². The second-order valence-corrected chi connectivity index (χ2v) is 4.59. The van der Waals surface area contributed by atoms with Crippen molar-refractivity contribution >= 4 is 5.91 Å². The van der Waals surface area contributed by atoms with Crippen LogP contribution >= 0.6 is 0 Å². The molecule has 0 atom stereocenters. The molecule has 0 fully saturated rings. The van der Waals surface area contributed by atoms with Gasteiger partial charge in [-0.1, -0.05) is 31.5 Å². The van der Waals surface area contributed by atoms with E-state index in [4.69, 9.17) is 0 Å². The van der Waals surface area contributed by atoms with Crippen molar-refractivity contribution in [1.29, 1.82) is 0 Å². The normalized spacial score (nSPS) is 10.4. The molecule has 3 nitrogen and oxygen atoms in total. The highest BCUT2D eigenvalue weighted by atomic mass is 16.2. The zero-order valence-corrected chi connectivity index (χ0v) is 11.7. The second-order valence-electron chi connectivity index (χ2n) is 4.59. The summed E-state index contributed by atoms with van der Waals surface area (Å²) in [5.74, 6) is 0.134. The molecule has 100 valence electrons. The van der Waals surface area contributed by atoms with Gasteiger partial charge < -0.3 is 10.2 Å². The van der Waals surface area contributed by atoms with Gasteiger partial charge >= 0.3 is 0 Å². The summed E-state index contributed by atoms with van der Waals surface area (Å²) in [5.41, 5.74) is 1.96. The lowest BCUT2D eigenvalue weighted by molar-refractivity contribution is 0.0792. The van der Waals surface area contributed by atoms with Crippen molar-refractivity contribution in [2.45, 2.75) is 26.2 Å². The number of likely N-dealkylation sites (N-methyl/N-ethyl adjacent to an activating group) is 1. The van der Waals surface area contributed by atoms with Crippen LogP contribution in [0, 0.1) is 0 Å². The third kappa shape index (κ3) is 4.15. The maximum Gasteiger partial charge on any atom is 0.253 e. The largest absolute Gasteiger partial charge is 0.342 e. The first-order chi connectivity index (χ1) is 8.70. The van der Waals surface area contributed by atoms with E-state index in [-0.39, 0.29) is 5.91 Å². The Morgan fingerprint density at radius 3 is 2.72 bits per heavy atom. The van der Waals surface area contributed by atoms with E-state index in [9.17, 15) is 4.79 Å². The molecule has 1 aromatic rings. The number of nitrogens with zero attached hydrogens (tertiary/aromatic N) is 1. The maximum atomic E-state index is 12.3. The quantitative estimate of drug-likeness (QED) is 0.803. The first kappa shape index (κ1) is 14.7. The van der Waals surface area contributed by atoms with Crippen molar-refractivity contribution in [3.05, 3.63) is 35.4 Å². The van der Waals surface area contributed by atoms with Crippen molar-refractivity contribution < 1.29 is 4.79 Å². The zero-order chi connectivity index (χ0) is 13.4. The molecular formula is C15H24N2O. The Morgan fingerprint density at radius 2 is 2.06 bits per heavy atom. The molecule has 0 bridgehead atoms. The SMILES string of the molecule is CCCCN(C)C(=O)c1ccccc1CCNC. The summed E-state index contributed by atoms with van der Waals surface area (Å²) in [6.45, 7) is 3.86. The highest BCUT2D eigenvalue weighted by Crippen LogP contribution is 2.12. The van der Waals surface area contributed by atoms with Crippen LogP contribution in [-0.4, -0.2) is 38.0 Å². The van der Waals surface area contributed by atoms with Gasteiger partial charge in [0, 0.05) is 19.2 Å². The second kappa shape index (κ2) is 7.88. The predicted octanol–water partition coefficient (Wildman–Crippen LogP) is 2.32. The van der Waals surface area contributed by atoms with E-state index in [1.54, 1.807) is 0 Å². The standard InChI is InChI=1S/C15H24N2O/c1-4-5-12-17(3)15(18)14-9-7-6-8-13(14)10-11-16-2/h6-9,16H,4-5,10-12H2,1-3H3. The molecule has 0 aliphatic carbocycles. The van der Waals surface area contributed by atoms with Crippen LogP contribution in [0.15, 0.2) is 24.3 Å². The molecular weight excluding hydrogens is 224 g/mol. The molecule has 0 aliphatic rings. The topological polar surface area (TPSA) is 32.3 Å². The Hall–Kier alpha value is -1.35. The summed E-state index contributed by atoms with van der Waals surface area (Å²) in [5, 5.41) is 3.12. The van der Waals surface area contributed by atoms with Crippen LogP contribution in [0.4, 0.5) is 0 Å². The van der Waals surface area contributed by atoms with Gasteiger partial charge in [0.05, 0.1) is 0 Å². The minimum Gasteiger partial charge on any atom is -0.342 e. The molecule has 1 amide bonds. The average Bonchev–Trinajstić information content (AvgIpc) is 2.42. The Balaban J connectivity index is 2.77. The lowest BCUT2D eigenvalue weighted by Gasteiger charge is -2.18. The maximum absolute atomic E-state index is 12.3. The molecule has 1 rings (SSSR count). The van der Waals surface area contributed by atoms with Crippen LogP contribution in [0.25, 0.3) is 0 Å². The number of hydrogen-bond acceptors (Lipinski definition) is 2. The molecule has 0 unspecified atom stereocenters. The van der Waals surface area contributed by atoms with E-state index < -0.39 is 0 Å². The van der Waals surface area contributed by atoms with E-state index in [0.29, 0.717) is 0 Å². The van der Waals surface area contributed by atoms with E-state index in [1.807, 2.05) is 43.3 Å². The molecule has 0 spiro atoms. The summed E-state index contributed by atoms with van der Waals surface area (Å²) < 4.78 is 0. The Labute approximate surface area is 110 Å². The number of rotatable bonds is 7. The molecule has 1 N–H and O–H groups in total. The first-order valence-corrected chi connectivity index (χ1v) is 6.68. The highest BCUT2D eigenvalue weighted by molar-refractivity contribution is 5.95. The van der Waals surface area contributed by atoms with Gasteiger partial charge in [-0.2, -0.15) is 0 Å². The van der Waals surface area contributed by atoms with Crippen molar-refractivity contribution in [3.8, 4) is 0 Å². The first-order valence-electron chi connectivity index (χ1n) is 6.68. The third-order valence-electron chi connectivity index (χ3n) is 3.09. The van der Waals surface area contributed by atoms with Crippen molar-refractivity contribution in [3.63, 3.8) is 0 Å². The molecule has 0 saturated carbocycles. The highest BCUT2D eigenvalue weighted by Gasteiger charge is 2.14. The van der Waals surface area contributed by atoms with Gasteiger partial charge in [0.1, 0.15) is 0 Å². The van der Waals surface area contributed by atoms with Gasteiger partial charge in [-0.15, -0.1) is 0 Å². The lowest BCUT2D eigenvalue weighted by Crippen LogP contribution is -2.28. The number of nitrogens with one attached hydrogen (secondary N) is 1. The average molecular weight is 248 g/mol. The van der Waals surface area contributed by atoms with Crippen LogP contribution in [0.2, 0.25) is 0 Å². The molecule has 0 radical (unpaired) electrons. The summed E-state index contributed by atoms with van der Waals surface area (Å²) >= 11 is 0. The number of carbonyl (C=O) groups excluding carboxylic acids is 1. The summed E-state index contributed by atoms with van der Waals surface area (Å²) in [7, 11) is 3.81. The molecule has 18 heavy (non-hydrogen) atoms. The van der Waals surface area contributed by atoms with E-state index in [2.05, 4.69) is 12.2 Å². The zero-order valence-electron chi connectivity index (χ0n) is 11.7. The van der Waals surface area contributed by atoms with E-state index in [1.165, 1.54) is 0 Å². The number of benzene rings is 1. The van der Waals surface area contributed by atoms with Gasteiger partial charge in [-0.25, -0.2) is 0 Å². The lowest BCUT2D eigenvalue weighted by atomic mass is 10.0. The molecule has 3 heteroatoms. The Kier molecular flexibility index (Phi) is 6.44. The fourth-order valence-electron chi connectivity index (χ4n) is 1.91. The Morgan fingerprint density at radius 1 is 1.33 bits per heavy atom. The van der Waals surface area contributed by atoms with Crippen LogP contribution in [0.1, 0.15) is 35.7 Å².